The Hall–Kier alpha value is -2.18. The Bertz CT molecular complexity index is 833. The number of amides is 1. The van der Waals surface area contributed by atoms with Crippen LogP contribution in [0, 0.1) is 0 Å². The van der Waals surface area contributed by atoms with Crippen LogP contribution in [0.15, 0.2) is 36.4 Å². The summed E-state index contributed by atoms with van der Waals surface area (Å²) in [5.41, 5.74) is 1.38. The van der Waals surface area contributed by atoms with Crippen molar-refractivity contribution in [3.05, 3.63) is 52.7 Å². The molecule has 0 unspecified atom stereocenters. The van der Waals surface area contributed by atoms with E-state index in [0.717, 1.165) is 20.7 Å². The van der Waals surface area contributed by atoms with Crippen LogP contribution in [0.2, 0.25) is 0 Å². The zero-order valence-corrected chi connectivity index (χ0v) is 14.8. The Balaban J connectivity index is 1.67. The largest absolute Gasteiger partial charge is 0.386 e. The molecule has 0 fully saturated rings. The molecule has 0 spiro atoms. The maximum absolute atomic E-state index is 12.3. The van der Waals surface area contributed by atoms with Gasteiger partial charge in [0.1, 0.15) is 11.8 Å². The van der Waals surface area contributed by atoms with Crippen molar-refractivity contribution >= 4 is 27.3 Å². The van der Waals surface area contributed by atoms with Crippen LogP contribution in [0.3, 0.4) is 0 Å². The zero-order chi connectivity index (χ0) is 17.3. The van der Waals surface area contributed by atoms with E-state index in [9.17, 15) is 9.90 Å². The third-order valence-corrected chi connectivity index (χ3v) is 5.17. The number of aryl methyl sites for hydroxylation is 1. The Morgan fingerprint density at radius 1 is 1.33 bits per heavy atom. The average molecular weight is 343 g/mol. The molecule has 1 atom stereocenters. The number of carbonyl (C=O) groups excluding carboxylic acids is 1. The number of rotatable bonds is 5. The van der Waals surface area contributed by atoms with Crippen molar-refractivity contribution in [2.45, 2.75) is 25.9 Å². The maximum Gasteiger partial charge on any atom is 0.269 e. The lowest BCUT2D eigenvalue weighted by molar-refractivity contribution is 0.0908. The first-order chi connectivity index (χ1) is 11.5. The molecular weight excluding hydrogens is 322 g/mol. The fourth-order valence-electron chi connectivity index (χ4n) is 2.53. The normalized spacial score (nSPS) is 12.7. The minimum atomic E-state index is -0.718. The highest BCUT2D eigenvalue weighted by Crippen LogP contribution is 2.29. The van der Waals surface area contributed by atoms with Crippen molar-refractivity contribution in [3.8, 4) is 0 Å². The number of benzene rings is 1. The Kier molecular flexibility index (Phi) is 4.69. The van der Waals surface area contributed by atoms with Gasteiger partial charge in [-0.15, -0.1) is 11.3 Å². The summed E-state index contributed by atoms with van der Waals surface area (Å²) in [6.07, 6.45) is -0.718. The van der Waals surface area contributed by atoms with Gasteiger partial charge in [-0.2, -0.15) is 5.10 Å². The van der Waals surface area contributed by atoms with Gasteiger partial charge in [-0.1, -0.05) is 32.0 Å². The first-order valence-electron chi connectivity index (χ1n) is 7.94. The molecule has 6 heteroatoms. The molecule has 126 valence electrons. The number of nitrogens with one attached hydrogen (secondary N) is 1. The van der Waals surface area contributed by atoms with Crippen LogP contribution >= 0.6 is 11.3 Å². The van der Waals surface area contributed by atoms with Crippen LogP contribution < -0.4 is 5.32 Å². The van der Waals surface area contributed by atoms with Crippen LogP contribution in [0.25, 0.3) is 10.1 Å². The Labute approximate surface area is 144 Å². The van der Waals surface area contributed by atoms with Gasteiger partial charge >= 0.3 is 0 Å². The van der Waals surface area contributed by atoms with Gasteiger partial charge in [-0.3, -0.25) is 9.48 Å². The van der Waals surface area contributed by atoms with Crippen LogP contribution in [0.4, 0.5) is 0 Å². The lowest BCUT2D eigenvalue weighted by atomic mass is 10.1. The number of aliphatic hydroxyl groups excluding tert-OH is 1. The van der Waals surface area contributed by atoms with Crippen molar-refractivity contribution in [1.82, 2.24) is 15.1 Å². The van der Waals surface area contributed by atoms with Gasteiger partial charge < -0.3 is 10.4 Å². The number of aliphatic hydroxyl groups is 1. The van der Waals surface area contributed by atoms with Crippen LogP contribution in [0.5, 0.6) is 0 Å². The van der Waals surface area contributed by atoms with Gasteiger partial charge in [0.25, 0.3) is 5.91 Å². The number of fused-ring (bicyclic) bond motifs is 1. The SMILES string of the molecule is CC(C)c1cc(C(=O)NC[C@@H](O)c2cc3ccccc3s2)n(C)n1. The number of hydrogen-bond acceptors (Lipinski definition) is 4. The number of nitrogens with zero attached hydrogens (tertiary/aromatic N) is 2. The van der Waals surface area contributed by atoms with E-state index in [1.165, 1.54) is 0 Å². The summed E-state index contributed by atoms with van der Waals surface area (Å²) >= 11 is 1.55. The topological polar surface area (TPSA) is 67.2 Å². The highest BCUT2D eigenvalue weighted by atomic mass is 32.1. The number of hydrogen-bond donors (Lipinski definition) is 2. The van der Waals surface area contributed by atoms with Crippen molar-refractivity contribution in [2.24, 2.45) is 7.05 Å². The smallest absolute Gasteiger partial charge is 0.269 e. The van der Waals surface area contributed by atoms with Crippen molar-refractivity contribution in [3.63, 3.8) is 0 Å². The first-order valence-corrected chi connectivity index (χ1v) is 8.76. The summed E-state index contributed by atoms with van der Waals surface area (Å²) in [5.74, 6) is 0.0407. The van der Waals surface area contributed by atoms with Crippen LogP contribution in [-0.2, 0) is 7.05 Å². The highest BCUT2D eigenvalue weighted by Gasteiger charge is 2.17. The molecule has 1 amide bonds. The van der Waals surface area contributed by atoms with E-state index in [-0.39, 0.29) is 18.4 Å². The molecule has 3 aromatic rings. The highest BCUT2D eigenvalue weighted by molar-refractivity contribution is 7.19. The van der Waals surface area contributed by atoms with Gasteiger partial charge in [0.2, 0.25) is 0 Å². The van der Waals surface area contributed by atoms with Gasteiger partial charge in [0, 0.05) is 23.2 Å². The van der Waals surface area contributed by atoms with Crippen LogP contribution in [-0.4, -0.2) is 27.3 Å². The molecule has 3 rings (SSSR count). The Morgan fingerprint density at radius 2 is 2.08 bits per heavy atom. The zero-order valence-electron chi connectivity index (χ0n) is 14.0. The molecule has 5 nitrogen and oxygen atoms in total. The van der Waals surface area contributed by atoms with E-state index in [0.29, 0.717) is 5.69 Å². The van der Waals surface area contributed by atoms with Gasteiger partial charge in [-0.05, 0) is 29.5 Å². The van der Waals surface area contributed by atoms with E-state index in [4.69, 9.17) is 0 Å². The number of aromatic nitrogens is 2. The van der Waals surface area contributed by atoms with Crippen LogP contribution in [0.1, 0.15) is 46.9 Å². The molecule has 0 saturated carbocycles. The molecule has 0 bridgehead atoms. The van der Waals surface area contributed by atoms with Gasteiger partial charge in [-0.25, -0.2) is 0 Å². The molecule has 2 N–H and O–H groups in total. The summed E-state index contributed by atoms with van der Waals surface area (Å²) < 4.78 is 2.71. The molecule has 0 saturated heterocycles. The summed E-state index contributed by atoms with van der Waals surface area (Å²) in [4.78, 5) is 13.2. The van der Waals surface area contributed by atoms with Crippen molar-refractivity contribution in [2.75, 3.05) is 6.54 Å². The van der Waals surface area contributed by atoms with E-state index in [1.807, 2.05) is 44.2 Å². The molecule has 0 aliphatic carbocycles. The summed E-state index contributed by atoms with van der Waals surface area (Å²) in [5, 5.41) is 18.6. The van der Waals surface area contributed by atoms with E-state index >= 15 is 0 Å². The standard InChI is InChI=1S/C18H21N3O2S/c1-11(2)13-9-14(21(3)20-13)18(23)19-10-15(22)17-8-12-6-4-5-7-16(12)24-17/h4-9,11,15,22H,10H2,1-3H3,(H,19,23)/t15-/m1/s1. The fraction of sp³-hybridized carbons (Fsp3) is 0.333. The average Bonchev–Trinajstić information content (AvgIpc) is 3.15. The fourth-order valence-corrected chi connectivity index (χ4v) is 3.58. The molecular formula is C18H21N3O2S. The van der Waals surface area contributed by atoms with E-state index in [1.54, 1.807) is 29.1 Å². The van der Waals surface area contributed by atoms with Crippen molar-refractivity contribution < 1.29 is 9.90 Å². The third kappa shape index (κ3) is 3.34. The molecule has 24 heavy (non-hydrogen) atoms. The monoisotopic (exact) mass is 343 g/mol. The summed E-state index contributed by atoms with van der Waals surface area (Å²) in [7, 11) is 1.75. The first kappa shape index (κ1) is 16.7. The molecule has 1 aromatic carbocycles. The van der Waals surface area contributed by atoms with E-state index < -0.39 is 6.10 Å². The second-order valence-electron chi connectivity index (χ2n) is 6.15. The van der Waals surface area contributed by atoms with Crippen molar-refractivity contribution in [1.29, 1.82) is 0 Å². The Morgan fingerprint density at radius 3 is 2.75 bits per heavy atom. The maximum atomic E-state index is 12.3. The summed E-state index contributed by atoms with van der Waals surface area (Å²) in [6.45, 7) is 4.25. The molecule has 0 aliphatic heterocycles. The molecule has 0 radical (unpaired) electrons. The quantitative estimate of drug-likeness (QED) is 0.747. The summed E-state index contributed by atoms with van der Waals surface area (Å²) in [6, 6.07) is 11.8. The minimum Gasteiger partial charge on any atom is -0.386 e. The second-order valence-corrected chi connectivity index (χ2v) is 7.26. The van der Waals surface area contributed by atoms with E-state index in [2.05, 4.69) is 10.4 Å². The van der Waals surface area contributed by atoms with Gasteiger partial charge in [0.15, 0.2) is 0 Å². The molecule has 0 aliphatic rings. The van der Waals surface area contributed by atoms with Gasteiger partial charge in [0.05, 0.1) is 5.69 Å². The second kappa shape index (κ2) is 6.75. The molecule has 2 heterocycles. The predicted octanol–water partition coefficient (Wildman–Crippen LogP) is 3.22. The predicted molar refractivity (Wildman–Crippen MR) is 96.4 cm³/mol. The molecule has 2 aromatic heterocycles. The number of carbonyl (C=O) groups is 1. The number of thiophene rings is 1. The lowest BCUT2D eigenvalue weighted by Gasteiger charge is -2.10. The minimum absolute atomic E-state index is 0.174. The third-order valence-electron chi connectivity index (χ3n) is 3.95. The lowest BCUT2D eigenvalue weighted by Crippen LogP contribution is -2.29.